The number of fused-ring (bicyclic) bond motifs is 1. The summed E-state index contributed by atoms with van der Waals surface area (Å²) in [7, 11) is 0. The second kappa shape index (κ2) is 7.64. The Bertz CT molecular complexity index is 1160. The predicted octanol–water partition coefficient (Wildman–Crippen LogP) is 5.37. The minimum atomic E-state index is 0.0374. The molecule has 2 aromatic carbocycles. The molecule has 0 bridgehead atoms. The van der Waals surface area contributed by atoms with E-state index in [1.165, 1.54) is 28.5 Å². The first kappa shape index (κ1) is 18.5. The molecule has 0 fully saturated rings. The Morgan fingerprint density at radius 3 is 2.79 bits per heavy atom. The first-order valence-electron chi connectivity index (χ1n) is 9.23. The van der Waals surface area contributed by atoms with Gasteiger partial charge in [0.2, 0.25) is 5.89 Å². The largest absolute Gasteiger partial charge is 0.411 e. The molecule has 5 nitrogen and oxygen atoms in total. The van der Waals surface area contributed by atoms with Crippen molar-refractivity contribution >= 4 is 28.4 Å². The lowest BCUT2D eigenvalue weighted by atomic mass is 10.1. The quantitative estimate of drug-likeness (QED) is 0.353. The third-order valence-electron chi connectivity index (χ3n) is 4.97. The molecule has 28 heavy (non-hydrogen) atoms. The first-order valence-corrected chi connectivity index (χ1v) is 10.2. The van der Waals surface area contributed by atoms with E-state index in [4.69, 9.17) is 4.42 Å². The molecule has 0 saturated carbocycles. The molecule has 2 heterocycles. The fourth-order valence-electron chi connectivity index (χ4n) is 3.21. The molecule has 142 valence electrons. The van der Waals surface area contributed by atoms with Crippen LogP contribution in [0, 0.1) is 13.8 Å². The van der Waals surface area contributed by atoms with Crippen molar-refractivity contribution in [3.8, 4) is 11.5 Å². The fraction of sp³-hybridized carbons (Fsp3) is 0.227. The van der Waals surface area contributed by atoms with Crippen molar-refractivity contribution < 1.29 is 9.21 Å². The van der Waals surface area contributed by atoms with Crippen molar-refractivity contribution in [3.05, 3.63) is 64.8 Å². The third kappa shape index (κ3) is 3.47. The van der Waals surface area contributed by atoms with Gasteiger partial charge in [-0.3, -0.25) is 4.79 Å². The molecule has 4 aromatic rings. The van der Waals surface area contributed by atoms with Gasteiger partial charge in [-0.2, -0.15) is 0 Å². The number of para-hydroxylation sites is 1. The number of aromatic nitrogens is 3. The van der Waals surface area contributed by atoms with Crippen LogP contribution in [0.4, 0.5) is 0 Å². The van der Waals surface area contributed by atoms with E-state index in [2.05, 4.69) is 42.0 Å². The van der Waals surface area contributed by atoms with Gasteiger partial charge in [-0.1, -0.05) is 43.0 Å². The number of benzene rings is 2. The molecule has 2 aromatic heterocycles. The summed E-state index contributed by atoms with van der Waals surface area (Å²) in [4.78, 5) is 16.0. The minimum Gasteiger partial charge on any atom is -0.411 e. The van der Waals surface area contributed by atoms with Crippen LogP contribution in [0.25, 0.3) is 22.4 Å². The summed E-state index contributed by atoms with van der Waals surface area (Å²) in [5.41, 5.74) is 6.22. The summed E-state index contributed by atoms with van der Waals surface area (Å²) in [6.45, 7) is 6.22. The Hall–Kier alpha value is -2.86. The van der Waals surface area contributed by atoms with Crippen LogP contribution in [0.5, 0.6) is 0 Å². The maximum atomic E-state index is 12.7. The molecule has 0 aliphatic rings. The van der Waals surface area contributed by atoms with Crippen LogP contribution in [0.15, 0.2) is 52.2 Å². The molecule has 0 aliphatic heterocycles. The van der Waals surface area contributed by atoms with Gasteiger partial charge >= 0.3 is 0 Å². The highest BCUT2D eigenvalue weighted by Gasteiger charge is 2.16. The van der Waals surface area contributed by atoms with E-state index >= 15 is 0 Å². The predicted molar refractivity (Wildman–Crippen MR) is 112 cm³/mol. The monoisotopic (exact) mass is 391 g/mol. The summed E-state index contributed by atoms with van der Waals surface area (Å²) >= 11 is 1.26. The Labute approximate surface area is 167 Å². The van der Waals surface area contributed by atoms with Crippen LogP contribution in [-0.2, 0) is 6.42 Å². The highest BCUT2D eigenvalue weighted by atomic mass is 32.2. The van der Waals surface area contributed by atoms with Gasteiger partial charge in [0.25, 0.3) is 5.22 Å². The average molecular weight is 391 g/mol. The Kier molecular flexibility index (Phi) is 5.05. The zero-order chi connectivity index (χ0) is 19.7. The lowest BCUT2D eigenvalue weighted by Gasteiger charge is -2.01. The van der Waals surface area contributed by atoms with Crippen LogP contribution in [0.2, 0.25) is 0 Å². The van der Waals surface area contributed by atoms with Crippen molar-refractivity contribution in [1.29, 1.82) is 0 Å². The normalized spacial score (nSPS) is 11.2. The molecule has 4 rings (SSSR count). The molecule has 0 aliphatic carbocycles. The highest BCUT2D eigenvalue weighted by molar-refractivity contribution is 7.99. The van der Waals surface area contributed by atoms with Crippen molar-refractivity contribution in [2.24, 2.45) is 0 Å². The number of aromatic amines is 1. The van der Waals surface area contributed by atoms with Gasteiger partial charge in [-0.15, -0.1) is 10.2 Å². The van der Waals surface area contributed by atoms with E-state index in [9.17, 15) is 4.79 Å². The molecular formula is C22H21N3O2S. The van der Waals surface area contributed by atoms with Crippen molar-refractivity contribution in [2.45, 2.75) is 32.4 Å². The van der Waals surface area contributed by atoms with E-state index in [0.717, 1.165) is 22.9 Å². The highest BCUT2D eigenvalue weighted by Crippen LogP contribution is 2.27. The van der Waals surface area contributed by atoms with Gasteiger partial charge < -0.3 is 9.40 Å². The number of carbonyl (C=O) groups is 1. The molecule has 1 N–H and O–H groups in total. The summed E-state index contributed by atoms with van der Waals surface area (Å²) in [5.74, 6) is 0.755. The van der Waals surface area contributed by atoms with Gasteiger partial charge in [0.05, 0.1) is 5.75 Å². The number of aryl methyl sites for hydroxylation is 3. The number of hydrogen-bond acceptors (Lipinski definition) is 5. The van der Waals surface area contributed by atoms with Crippen LogP contribution < -0.4 is 0 Å². The number of ketones is 1. The molecule has 0 radical (unpaired) electrons. The zero-order valence-corrected chi connectivity index (χ0v) is 16.9. The van der Waals surface area contributed by atoms with Gasteiger partial charge in [0.1, 0.15) is 0 Å². The van der Waals surface area contributed by atoms with Crippen molar-refractivity contribution in [3.63, 3.8) is 0 Å². The van der Waals surface area contributed by atoms with E-state index in [1.807, 2.05) is 30.3 Å². The topological polar surface area (TPSA) is 71.8 Å². The average Bonchev–Trinajstić information content (AvgIpc) is 3.35. The second-order valence-corrected chi connectivity index (χ2v) is 7.71. The third-order valence-corrected chi connectivity index (χ3v) is 5.79. The number of Topliss-reactive ketones (excluding diaryl/α,β-unsaturated/α-hetero) is 1. The zero-order valence-electron chi connectivity index (χ0n) is 16.1. The van der Waals surface area contributed by atoms with Gasteiger partial charge in [-0.25, -0.2) is 0 Å². The van der Waals surface area contributed by atoms with E-state index < -0.39 is 0 Å². The van der Waals surface area contributed by atoms with Crippen LogP contribution in [0.3, 0.4) is 0 Å². The van der Waals surface area contributed by atoms with E-state index in [1.54, 1.807) is 6.20 Å². The number of rotatable bonds is 6. The molecule has 0 saturated heterocycles. The first-order chi connectivity index (χ1) is 13.6. The number of thioether (sulfide) groups is 1. The van der Waals surface area contributed by atoms with Gasteiger partial charge in [0.15, 0.2) is 5.78 Å². The number of nitrogens with zero attached hydrogens (tertiary/aromatic N) is 2. The number of carbonyl (C=O) groups excluding carboxylic acids is 1. The molecule has 6 heteroatoms. The number of nitrogens with one attached hydrogen (secondary N) is 1. The molecular weight excluding hydrogens is 370 g/mol. The summed E-state index contributed by atoms with van der Waals surface area (Å²) in [5, 5.41) is 9.55. The van der Waals surface area contributed by atoms with Crippen LogP contribution in [-0.4, -0.2) is 26.7 Å². The van der Waals surface area contributed by atoms with E-state index in [0.29, 0.717) is 16.7 Å². The smallest absolute Gasteiger partial charge is 0.277 e. The maximum Gasteiger partial charge on any atom is 0.277 e. The Morgan fingerprint density at radius 2 is 2.00 bits per heavy atom. The van der Waals surface area contributed by atoms with E-state index in [-0.39, 0.29) is 11.5 Å². The molecule has 0 amide bonds. The van der Waals surface area contributed by atoms with Crippen molar-refractivity contribution in [1.82, 2.24) is 15.2 Å². The molecule has 0 spiro atoms. The van der Waals surface area contributed by atoms with Gasteiger partial charge in [-0.05, 0) is 49.1 Å². The molecule has 0 unspecified atom stereocenters. The Morgan fingerprint density at radius 1 is 1.14 bits per heavy atom. The lowest BCUT2D eigenvalue weighted by Crippen LogP contribution is -2.01. The lowest BCUT2D eigenvalue weighted by molar-refractivity contribution is 0.102. The summed E-state index contributed by atoms with van der Waals surface area (Å²) < 4.78 is 5.74. The standard InChI is InChI=1S/C22H21N3O2S/c1-4-15-6-5-7-17-18(11-23-20(15)17)19(26)12-28-22-25-24-21(27-22)16-9-8-13(2)14(3)10-16/h5-11,23H,4,12H2,1-3H3. The summed E-state index contributed by atoms with van der Waals surface area (Å²) in [6.07, 6.45) is 2.71. The maximum absolute atomic E-state index is 12.7. The fourth-order valence-corrected chi connectivity index (χ4v) is 3.85. The molecule has 0 atom stereocenters. The van der Waals surface area contributed by atoms with Crippen LogP contribution >= 0.6 is 11.8 Å². The second-order valence-electron chi connectivity index (χ2n) is 6.78. The van der Waals surface area contributed by atoms with Gasteiger partial charge in [0, 0.05) is 28.2 Å². The minimum absolute atomic E-state index is 0.0374. The summed E-state index contributed by atoms with van der Waals surface area (Å²) in [6, 6.07) is 12.1. The number of hydrogen-bond donors (Lipinski definition) is 1. The SMILES string of the molecule is CCc1cccc2c(C(=O)CSc3nnc(-c4ccc(C)c(C)c4)o3)c[nH]c12. The number of H-pyrrole nitrogens is 1. The van der Waals surface area contributed by atoms with Crippen LogP contribution in [0.1, 0.15) is 34.0 Å². The Balaban J connectivity index is 1.49. The van der Waals surface area contributed by atoms with Crippen molar-refractivity contribution in [2.75, 3.05) is 5.75 Å².